The van der Waals surface area contributed by atoms with Gasteiger partial charge in [0.2, 0.25) is 5.91 Å². The number of hydrogen-bond donors (Lipinski definition) is 3. The van der Waals surface area contributed by atoms with Crippen molar-refractivity contribution >= 4 is 11.8 Å². The third-order valence-electron chi connectivity index (χ3n) is 3.96. The molecule has 2 amide bonds. The van der Waals surface area contributed by atoms with Gasteiger partial charge >= 0.3 is 0 Å². The molecular formula is C19H20N4O3. The second-order valence-corrected chi connectivity index (χ2v) is 5.88. The Labute approximate surface area is 150 Å². The van der Waals surface area contributed by atoms with Crippen LogP contribution in [-0.2, 0) is 11.2 Å². The number of rotatable bonds is 7. The minimum Gasteiger partial charge on any atom is -0.459 e. The molecular weight excluding hydrogens is 332 g/mol. The summed E-state index contributed by atoms with van der Waals surface area (Å²) in [4.78, 5) is 31.9. The SMILES string of the molecule is CC(NC(=O)c1ccco1)C(=O)NC(Cc1ncc[nH]1)c1ccccc1. The standard InChI is InChI=1S/C19H20N4O3/c1-13(22-19(25)16-8-5-11-26-16)18(24)23-15(12-17-20-9-10-21-17)14-6-3-2-4-7-14/h2-11,13,15H,12H2,1H3,(H,20,21)(H,22,25)(H,23,24). The highest BCUT2D eigenvalue weighted by molar-refractivity contribution is 5.95. The minimum absolute atomic E-state index is 0.167. The van der Waals surface area contributed by atoms with Crippen LogP contribution in [0.1, 0.15) is 34.9 Å². The number of furan rings is 1. The lowest BCUT2D eigenvalue weighted by molar-refractivity contribution is -0.123. The van der Waals surface area contributed by atoms with E-state index in [-0.39, 0.29) is 17.7 Å². The van der Waals surface area contributed by atoms with Crippen molar-refractivity contribution in [3.8, 4) is 0 Å². The lowest BCUT2D eigenvalue weighted by Gasteiger charge is -2.21. The van der Waals surface area contributed by atoms with Crippen LogP contribution in [0.25, 0.3) is 0 Å². The zero-order chi connectivity index (χ0) is 18.4. The van der Waals surface area contributed by atoms with Gasteiger partial charge in [0.15, 0.2) is 5.76 Å². The first kappa shape index (κ1) is 17.5. The average Bonchev–Trinajstić information content (AvgIpc) is 3.35. The van der Waals surface area contributed by atoms with E-state index in [0.717, 1.165) is 11.4 Å². The zero-order valence-corrected chi connectivity index (χ0v) is 14.3. The van der Waals surface area contributed by atoms with Crippen LogP contribution >= 0.6 is 0 Å². The van der Waals surface area contributed by atoms with Crippen LogP contribution in [0.3, 0.4) is 0 Å². The molecule has 2 heterocycles. The molecule has 3 N–H and O–H groups in total. The Kier molecular flexibility index (Phi) is 5.48. The number of carbonyl (C=O) groups excluding carboxylic acids is 2. The molecule has 0 fully saturated rings. The van der Waals surface area contributed by atoms with Crippen LogP contribution < -0.4 is 10.6 Å². The molecule has 0 saturated carbocycles. The second kappa shape index (κ2) is 8.15. The van der Waals surface area contributed by atoms with Gasteiger partial charge in [-0.05, 0) is 24.6 Å². The Morgan fingerprint density at radius 3 is 2.62 bits per heavy atom. The molecule has 0 aliphatic heterocycles. The van der Waals surface area contributed by atoms with E-state index in [1.807, 2.05) is 30.3 Å². The molecule has 7 nitrogen and oxygen atoms in total. The molecule has 0 radical (unpaired) electrons. The molecule has 2 aromatic heterocycles. The van der Waals surface area contributed by atoms with E-state index in [1.165, 1.54) is 6.26 Å². The Hall–Kier alpha value is -3.35. The van der Waals surface area contributed by atoms with Gasteiger partial charge in [-0.15, -0.1) is 0 Å². The number of nitrogens with zero attached hydrogens (tertiary/aromatic N) is 1. The van der Waals surface area contributed by atoms with Crippen LogP contribution in [-0.4, -0.2) is 27.8 Å². The number of hydrogen-bond acceptors (Lipinski definition) is 4. The molecule has 0 aliphatic carbocycles. The fourth-order valence-electron chi connectivity index (χ4n) is 2.58. The van der Waals surface area contributed by atoms with Gasteiger partial charge in [0, 0.05) is 18.8 Å². The summed E-state index contributed by atoms with van der Waals surface area (Å²) >= 11 is 0. The van der Waals surface area contributed by atoms with Crippen LogP contribution in [0.2, 0.25) is 0 Å². The first-order valence-electron chi connectivity index (χ1n) is 8.31. The summed E-state index contributed by atoms with van der Waals surface area (Å²) in [6.07, 6.45) is 5.34. The van der Waals surface area contributed by atoms with Crippen molar-refractivity contribution in [2.45, 2.75) is 25.4 Å². The molecule has 2 atom stereocenters. The van der Waals surface area contributed by atoms with Crippen LogP contribution in [0, 0.1) is 0 Å². The van der Waals surface area contributed by atoms with E-state index in [9.17, 15) is 9.59 Å². The van der Waals surface area contributed by atoms with E-state index in [1.54, 1.807) is 31.5 Å². The number of amides is 2. The van der Waals surface area contributed by atoms with Gasteiger partial charge in [-0.1, -0.05) is 30.3 Å². The van der Waals surface area contributed by atoms with Crippen molar-refractivity contribution < 1.29 is 14.0 Å². The Morgan fingerprint density at radius 2 is 1.96 bits per heavy atom. The number of benzene rings is 1. The maximum Gasteiger partial charge on any atom is 0.287 e. The van der Waals surface area contributed by atoms with Gasteiger partial charge in [0.1, 0.15) is 11.9 Å². The summed E-state index contributed by atoms with van der Waals surface area (Å²) in [6, 6.07) is 11.8. The van der Waals surface area contributed by atoms with Crippen molar-refractivity contribution in [2.75, 3.05) is 0 Å². The van der Waals surface area contributed by atoms with Gasteiger partial charge in [0.05, 0.1) is 12.3 Å². The smallest absolute Gasteiger partial charge is 0.287 e. The summed E-state index contributed by atoms with van der Waals surface area (Å²) in [5.41, 5.74) is 0.960. The quantitative estimate of drug-likeness (QED) is 0.607. The monoisotopic (exact) mass is 352 g/mol. The maximum absolute atomic E-state index is 12.6. The Morgan fingerprint density at radius 1 is 1.15 bits per heavy atom. The van der Waals surface area contributed by atoms with Crippen LogP contribution in [0.15, 0.2) is 65.5 Å². The van der Waals surface area contributed by atoms with Crippen molar-refractivity contribution in [3.63, 3.8) is 0 Å². The molecule has 3 rings (SSSR count). The number of aromatic nitrogens is 2. The lowest BCUT2D eigenvalue weighted by atomic mass is 10.0. The van der Waals surface area contributed by atoms with E-state index < -0.39 is 11.9 Å². The predicted molar refractivity (Wildman–Crippen MR) is 95.3 cm³/mol. The molecule has 0 saturated heterocycles. The summed E-state index contributed by atoms with van der Waals surface area (Å²) in [5, 5.41) is 5.61. The highest BCUT2D eigenvalue weighted by Crippen LogP contribution is 2.17. The van der Waals surface area contributed by atoms with Gasteiger partial charge in [-0.25, -0.2) is 4.98 Å². The number of aromatic amines is 1. The molecule has 3 aromatic rings. The van der Waals surface area contributed by atoms with Crippen molar-refractivity contribution in [2.24, 2.45) is 0 Å². The summed E-state index contributed by atoms with van der Waals surface area (Å²) < 4.78 is 5.04. The molecule has 0 aliphatic rings. The van der Waals surface area contributed by atoms with Gasteiger partial charge in [0.25, 0.3) is 5.91 Å². The summed E-state index contributed by atoms with van der Waals surface area (Å²) in [7, 11) is 0. The molecule has 1 aromatic carbocycles. The fraction of sp³-hybridized carbons (Fsp3) is 0.211. The van der Waals surface area contributed by atoms with Crippen LogP contribution in [0.4, 0.5) is 0 Å². The second-order valence-electron chi connectivity index (χ2n) is 5.88. The van der Waals surface area contributed by atoms with Crippen molar-refractivity contribution in [1.29, 1.82) is 0 Å². The Balaban J connectivity index is 1.67. The third-order valence-corrected chi connectivity index (χ3v) is 3.96. The fourth-order valence-corrected chi connectivity index (χ4v) is 2.58. The van der Waals surface area contributed by atoms with E-state index >= 15 is 0 Å². The largest absolute Gasteiger partial charge is 0.459 e. The highest BCUT2D eigenvalue weighted by atomic mass is 16.3. The van der Waals surface area contributed by atoms with Gasteiger partial charge in [-0.3, -0.25) is 9.59 Å². The zero-order valence-electron chi connectivity index (χ0n) is 14.3. The molecule has 26 heavy (non-hydrogen) atoms. The topological polar surface area (TPSA) is 100 Å². The lowest BCUT2D eigenvalue weighted by Crippen LogP contribution is -2.46. The van der Waals surface area contributed by atoms with Crippen molar-refractivity contribution in [3.05, 3.63) is 78.3 Å². The molecule has 134 valence electrons. The number of imidazole rings is 1. The number of nitrogens with one attached hydrogen (secondary N) is 3. The molecule has 0 bridgehead atoms. The van der Waals surface area contributed by atoms with Crippen LogP contribution in [0.5, 0.6) is 0 Å². The average molecular weight is 352 g/mol. The van der Waals surface area contributed by atoms with E-state index in [0.29, 0.717) is 6.42 Å². The first-order valence-corrected chi connectivity index (χ1v) is 8.31. The minimum atomic E-state index is -0.713. The first-order chi connectivity index (χ1) is 12.6. The Bertz CT molecular complexity index is 829. The third kappa shape index (κ3) is 4.38. The summed E-state index contributed by atoms with van der Waals surface area (Å²) in [5.74, 6) is 0.219. The highest BCUT2D eigenvalue weighted by Gasteiger charge is 2.22. The molecule has 0 spiro atoms. The van der Waals surface area contributed by atoms with E-state index in [4.69, 9.17) is 4.42 Å². The molecule has 2 unspecified atom stereocenters. The maximum atomic E-state index is 12.6. The van der Waals surface area contributed by atoms with Crippen molar-refractivity contribution in [1.82, 2.24) is 20.6 Å². The normalized spacial score (nSPS) is 13.0. The molecule has 7 heteroatoms. The predicted octanol–water partition coefficient (Wildman–Crippen LogP) is 2.22. The number of carbonyl (C=O) groups is 2. The van der Waals surface area contributed by atoms with Gasteiger partial charge < -0.3 is 20.0 Å². The van der Waals surface area contributed by atoms with E-state index in [2.05, 4.69) is 20.6 Å². The van der Waals surface area contributed by atoms with Gasteiger partial charge in [-0.2, -0.15) is 0 Å². The summed E-state index contributed by atoms with van der Waals surface area (Å²) in [6.45, 7) is 1.63. The number of H-pyrrole nitrogens is 1.